The van der Waals surface area contributed by atoms with Crippen LogP contribution >= 0.6 is 0 Å². The van der Waals surface area contributed by atoms with E-state index in [1.807, 2.05) is 6.07 Å². The molecule has 1 fully saturated rings. The molecular weight excluding hydrogens is 362 g/mol. The molecule has 0 amide bonds. The van der Waals surface area contributed by atoms with Crippen molar-refractivity contribution >= 4 is 0 Å². The van der Waals surface area contributed by atoms with E-state index < -0.39 is 0 Å². The zero-order chi connectivity index (χ0) is 21.2. The van der Waals surface area contributed by atoms with Gasteiger partial charge in [-0.2, -0.15) is 5.26 Å². The van der Waals surface area contributed by atoms with Crippen molar-refractivity contribution in [2.45, 2.75) is 78.1 Å². The Morgan fingerprint density at radius 3 is 2.17 bits per heavy atom. The summed E-state index contributed by atoms with van der Waals surface area (Å²) in [6.07, 6.45) is 12.8. The number of benzene rings is 2. The van der Waals surface area contributed by atoms with Crippen molar-refractivity contribution in [2.75, 3.05) is 0 Å². The summed E-state index contributed by atoms with van der Waals surface area (Å²) in [7, 11) is 0. The van der Waals surface area contributed by atoms with Crippen LogP contribution in [0.4, 0.5) is 0 Å². The van der Waals surface area contributed by atoms with Gasteiger partial charge in [0.1, 0.15) is 6.07 Å². The van der Waals surface area contributed by atoms with E-state index >= 15 is 0 Å². The van der Waals surface area contributed by atoms with Crippen molar-refractivity contribution in [3.8, 4) is 17.9 Å². The lowest BCUT2D eigenvalue weighted by Crippen LogP contribution is -2.14. The average Bonchev–Trinajstić information content (AvgIpc) is 2.81. The lowest BCUT2D eigenvalue weighted by Gasteiger charge is -2.27. The zero-order valence-electron chi connectivity index (χ0n) is 18.7. The highest BCUT2D eigenvalue weighted by Crippen LogP contribution is 2.33. The maximum absolute atomic E-state index is 9.61. The molecule has 0 N–H and O–H groups in total. The van der Waals surface area contributed by atoms with Crippen molar-refractivity contribution in [1.29, 1.82) is 5.26 Å². The van der Waals surface area contributed by atoms with E-state index in [4.69, 9.17) is 0 Å². The first kappa shape index (κ1) is 22.2. The predicted molar refractivity (Wildman–Crippen MR) is 126 cm³/mol. The van der Waals surface area contributed by atoms with Gasteiger partial charge in [0.05, 0.1) is 5.56 Å². The number of nitriles is 1. The Morgan fingerprint density at radius 1 is 0.800 bits per heavy atom. The quantitative estimate of drug-likeness (QED) is 0.445. The van der Waals surface area contributed by atoms with Crippen molar-refractivity contribution in [1.82, 2.24) is 0 Å². The predicted octanol–water partition coefficient (Wildman–Crippen LogP) is 7.45. The summed E-state index contributed by atoms with van der Waals surface area (Å²) in [5.74, 6) is 8.26. The Morgan fingerprint density at radius 2 is 1.50 bits per heavy atom. The average molecular weight is 398 g/mol. The zero-order valence-corrected chi connectivity index (χ0v) is 18.7. The van der Waals surface area contributed by atoms with Crippen LogP contribution in [0.2, 0.25) is 0 Å². The van der Waals surface area contributed by atoms with E-state index in [1.165, 1.54) is 62.5 Å². The Kier molecular flexibility index (Phi) is 8.59. The molecule has 1 heteroatoms. The number of nitrogens with zero attached hydrogens (tertiary/aromatic N) is 1. The lowest BCUT2D eigenvalue weighted by molar-refractivity contribution is 0.259. The van der Waals surface area contributed by atoms with Gasteiger partial charge in [-0.15, -0.1) is 0 Å². The highest BCUT2D eigenvalue weighted by atomic mass is 14.3. The summed E-state index contributed by atoms with van der Waals surface area (Å²) < 4.78 is 0. The number of unbranched alkanes of at least 4 members (excludes halogenated alkanes) is 1. The molecule has 0 aliphatic heterocycles. The summed E-state index contributed by atoms with van der Waals surface area (Å²) in [4.78, 5) is 0. The first-order valence-electron chi connectivity index (χ1n) is 11.9. The molecular formula is C29H35N. The van der Waals surface area contributed by atoms with Gasteiger partial charge in [0.2, 0.25) is 0 Å². The van der Waals surface area contributed by atoms with E-state index in [1.54, 1.807) is 0 Å². The van der Waals surface area contributed by atoms with Crippen LogP contribution in [-0.2, 0) is 12.8 Å². The molecule has 2 aromatic carbocycles. The van der Waals surface area contributed by atoms with Crippen molar-refractivity contribution < 1.29 is 0 Å². The highest BCUT2D eigenvalue weighted by Gasteiger charge is 2.19. The minimum Gasteiger partial charge on any atom is -0.192 e. The van der Waals surface area contributed by atoms with Crippen LogP contribution in [-0.4, -0.2) is 0 Å². The Labute approximate surface area is 183 Å². The van der Waals surface area contributed by atoms with E-state index in [0.29, 0.717) is 5.56 Å². The largest absolute Gasteiger partial charge is 0.192 e. The summed E-state index contributed by atoms with van der Waals surface area (Å²) in [5, 5.41) is 9.61. The molecule has 0 unspecified atom stereocenters. The second kappa shape index (κ2) is 11.6. The number of hydrogen-bond donors (Lipinski definition) is 0. The summed E-state index contributed by atoms with van der Waals surface area (Å²) in [6.45, 7) is 4.54. The van der Waals surface area contributed by atoms with Crippen molar-refractivity contribution in [3.63, 3.8) is 0 Å². The van der Waals surface area contributed by atoms with E-state index in [-0.39, 0.29) is 0 Å². The molecule has 0 atom stereocenters. The van der Waals surface area contributed by atoms with Crippen molar-refractivity contribution in [2.24, 2.45) is 11.8 Å². The minimum atomic E-state index is 0.703. The Balaban J connectivity index is 1.60. The second-order valence-corrected chi connectivity index (χ2v) is 8.88. The molecule has 1 nitrogen and oxygen atoms in total. The van der Waals surface area contributed by atoms with Gasteiger partial charge in [-0.05, 0) is 72.9 Å². The monoisotopic (exact) mass is 397 g/mol. The Bertz CT molecular complexity index is 896. The third-order valence-corrected chi connectivity index (χ3v) is 6.70. The standard InChI is InChI=1S/C29H35N/c1-3-5-6-24-11-13-26(14-12-24)17-19-28-20-18-27(21-29(28)22-30)16-15-25-9-7-23(4-2)8-10-25/h11-14,18,20-21,23,25H,3-10,15-16H2,1-2H3. The SMILES string of the molecule is CCCCc1ccc(C#Cc2ccc(CCC3CCC(CC)CC3)cc2C#N)cc1. The van der Waals surface area contributed by atoms with Crippen LogP contribution in [0, 0.1) is 35.0 Å². The molecule has 0 heterocycles. The van der Waals surface area contributed by atoms with Gasteiger partial charge in [0.15, 0.2) is 0 Å². The van der Waals surface area contributed by atoms with E-state index in [0.717, 1.165) is 35.8 Å². The third kappa shape index (κ3) is 6.50. The molecule has 3 rings (SSSR count). The topological polar surface area (TPSA) is 23.8 Å². The van der Waals surface area contributed by atoms with Crippen LogP contribution in [0.1, 0.15) is 93.0 Å². The second-order valence-electron chi connectivity index (χ2n) is 8.88. The molecule has 0 bridgehead atoms. The number of rotatable bonds is 7. The van der Waals surface area contributed by atoms with E-state index in [9.17, 15) is 5.26 Å². The molecule has 0 saturated heterocycles. The number of hydrogen-bond acceptors (Lipinski definition) is 1. The molecule has 1 aliphatic carbocycles. The molecule has 1 saturated carbocycles. The van der Waals surface area contributed by atoms with Gasteiger partial charge in [0.25, 0.3) is 0 Å². The molecule has 30 heavy (non-hydrogen) atoms. The normalized spacial score (nSPS) is 18.3. The lowest BCUT2D eigenvalue weighted by atomic mass is 9.78. The van der Waals surface area contributed by atoms with Gasteiger partial charge in [-0.25, -0.2) is 0 Å². The van der Waals surface area contributed by atoms with Gasteiger partial charge < -0.3 is 0 Å². The summed E-state index contributed by atoms with van der Waals surface area (Å²) in [6, 6.07) is 17.1. The van der Waals surface area contributed by atoms with Gasteiger partial charge >= 0.3 is 0 Å². The highest BCUT2D eigenvalue weighted by molar-refractivity contribution is 5.52. The van der Waals surface area contributed by atoms with Crippen molar-refractivity contribution in [3.05, 3.63) is 70.3 Å². The van der Waals surface area contributed by atoms with Crippen LogP contribution in [0.5, 0.6) is 0 Å². The van der Waals surface area contributed by atoms with Crippen LogP contribution in [0.15, 0.2) is 42.5 Å². The fourth-order valence-electron chi connectivity index (χ4n) is 4.52. The number of aryl methyl sites for hydroxylation is 2. The van der Waals surface area contributed by atoms with Crippen LogP contribution < -0.4 is 0 Å². The smallest absolute Gasteiger partial charge is 0.100 e. The van der Waals surface area contributed by atoms with Crippen LogP contribution in [0.3, 0.4) is 0 Å². The van der Waals surface area contributed by atoms with Gasteiger partial charge in [0, 0.05) is 11.1 Å². The third-order valence-electron chi connectivity index (χ3n) is 6.70. The molecule has 0 spiro atoms. The fraction of sp³-hybridized carbons (Fsp3) is 0.483. The summed E-state index contributed by atoms with van der Waals surface area (Å²) in [5.41, 5.74) is 5.18. The molecule has 156 valence electrons. The fourth-order valence-corrected chi connectivity index (χ4v) is 4.52. The van der Waals surface area contributed by atoms with Gasteiger partial charge in [-0.1, -0.05) is 82.4 Å². The first-order chi connectivity index (χ1) is 14.7. The Hall–Kier alpha value is -2.51. The maximum Gasteiger partial charge on any atom is 0.100 e. The summed E-state index contributed by atoms with van der Waals surface area (Å²) >= 11 is 0. The molecule has 1 aliphatic rings. The molecule has 2 aromatic rings. The maximum atomic E-state index is 9.61. The minimum absolute atomic E-state index is 0.703. The first-order valence-corrected chi connectivity index (χ1v) is 11.9. The van der Waals surface area contributed by atoms with E-state index in [2.05, 4.69) is 68.2 Å². The van der Waals surface area contributed by atoms with Gasteiger partial charge in [-0.3, -0.25) is 0 Å². The van der Waals surface area contributed by atoms with Crippen LogP contribution in [0.25, 0.3) is 0 Å². The molecule has 0 radical (unpaired) electrons. The molecule has 0 aromatic heterocycles.